The molecule has 5 heteroatoms. The highest BCUT2D eigenvalue weighted by Gasteiger charge is 2.25. The Kier molecular flexibility index (Phi) is 4.34. The molecule has 21 heavy (non-hydrogen) atoms. The van der Waals surface area contributed by atoms with Crippen molar-refractivity contribution in [2.45, 2.75) is 25.6 Å². The van der Waals surface area contributed by atoms with E-state index in [2.05, 4.69) is 41.2 Å². The van der Waals surface area contributed by atoms with E-state index in [0.29, 0.717) is 12.6 Å². The van der Waals surface area contributed by atoms with Crippen molar-refractivity contribution in [3.8, 4) is 5.69 Å². The van der Waals surface area contributed by atoms with Gasteiger partial charge in [-0.05, 0) is 30.7 Å². The second-order valence-corrected chi connectivity index (χ2v) is 5.54. The molecule has 2 aromatic rings. The maximum atomic E-state index is 9.27. The number of hydrogen-bond donors (Lipinski definition) is 1. The molecule has 3 rings (SSSR count). The van der Waals surface area contributed by atoms with Crippen molar-refractivity contribution >= 4 is 0 Å². The highest BCUT2D eigenvalue weighted by atomic mass is 16.5. The molecule has 1 aliphatic rings. The van der Waals surface area contributed by atoms with Gasteiger partial charge in [-0.3, -0.25) is 4.90 Å². The number of aliphatic hydroxyl groups is 1. The number of morpholine rings is 1. The quantitative estimate of drug-likeness (QED) is 0.925. The van der Waals surface area contributed by atoms with Crippen molar-refractivity contribution < 1.29 is 9.84 Å². The SMILES string of the molecule is CC1COC(CO)CN1Cc1cccc(-n2cccn2)c1. The Bertz CT molecular complexity index is 571. The van der Waals surface area contributed by atoms with Gasteiger partial charge in [-0.1, -0.05) is 12.1 Å². The molecule has 0 spiro atoms. The fourth-order valence-corrected chi connectivity index (χ4v) is 2.66. The average Bonchev–Trinajstić information content (AvgIpc) is 3.04. The molecule has 2 heterocycles. The van der Waals surface area contributed by atoms with Crippen molar-refractivity contribution in [2.75, 3.05) is 19.8 Å². The first-order chi connectivity index (χ1) is 10.3. The van der Waals surface area contributed by atoms with Crippen molar-refractivity contribution in [3.63, 3.8) is 0 Å². The molecule has 0 bridgehead atoms. The van der Waals surface area contributed by atoms with Crippen LogP contribution in [0.3, 0.4) is 0 Å². The lowest BCUT2D eigenvalue weighted by Gasteiger charge is -2.37. The molecule has 0 amide bonds. The molecule has 2 unspecified atom stereocenters. The van der Waals surface area contributed by atoms with Gasteiger partial charge in [-0.25, -0.2) is 4.68 Å². The van der Waals surface area contributed by atoms with Crippen LogP contribution in [0.25, 0.3) is 5.69 Å². The maximum Gasteiger partial charge on any atom is 0.0933 e. The summed E-state index contributed by atoms with van der Waals surface area (Å²) in [5, 5.41) is 13.5. The van der Waals surface area contributed by atoms with E-state index in [1.54, 1.807) is 6.20 Å². The van der Waals surface area contributed by atoms with Crippen LogP contribution in [-0.2, 0) is 11.3 Å². The van der Waals surface area contributed by atoms with Gasteiger partial charge in [0, 0.05) is 31.5 Å². The summed E-state index contributed by atoms with van der Waals surface area (Å²) in [7, 11) is 0. The summed E-state index contributed by atoms with van der Waals surface area (Å²) in [6.45, 7) is 4.53. The minimum Gasteiger partial charge on any atom is -0.394 e. The molecule has 1 saturated heterocycles. The van der Waals surface area contributed by atoms with E-state index < -0.39 is 0 Å². The van der Waals surface area contributed by atoms with Crippen LogP contribution in [-0.4, -0.2) is 51.7 Å². The standard InChI is InChI=1S/C16H21N3O2/c1-13-12-21-16(11-20)10-18(13)9-14-4-2-5-15(8-14)19-7-3-6-17-19/h2-8,13,16,20H,9-12H2,1H3. The van der Waals surface area contributed by atoms with E-state index in [9.17, 15) is 5.11 Å². The molecule has 5 nitrogen and oxygen atoms in total. The van der Waals surface area contributed by atoms with Gasteiger partial charge in [-0.2, -0.15) is 5.10 Å². The molecule has 1 aliphatic heterocycles. The van der Waals surface area contributed by atoms with Gasteiger partial charge in [0.05, 0.1) is 25.0 Å². The van der Waals surface area contributed by atoms with Gasteiger partial charge in [0.15, 0.2) is 0 Å². The topological polar surface area (TPSA) is 50.5 Å². The molecule has 112 valence electrons. The average molecular weight is 287 g/mol. The number of aromatic nitrogens is 2. The third-order valence-corrected chi connectivity index (χ3v) is 3.90. The Morgan fingerprint density at radius 1 is 1.38 bits per heavy atom. The van der Waals surface area contributed by atoms with Crippen LogP contribution in [0.15, 0.2) is 42.7 Å². The van der Waals surface area contributed by atoms with Gasteiger partial charge in [0.1, 0.15) is 0 Å². The molecule has 0 saturated carbocycles. The van der Waals surface area contributed by atoms with Crippen LogP contribution < -0.4 is 0 Å². The van der Waals surface area contributed by atoms with E-state index in [1.807, 2.05) is 16.9 Å². The lowest BCUT2D eigenvalue weighted by molar-refractivity contribution is -0.0805. The highest BCUT2D eigenvalue weighted by Crippen LogP contribution is 2.17. The van der Waals surface area contributed by atoms with Crippen LogP contribution >= 0.6 is 0 Å². The summed E-state index contributed by atoms with van der Waals surface area (Å²) in [6, 6.07) is 10.7. The lowest BCUT2D eigenvalue weighted by atomic mass is 10.1. The largest absolute Gasteiger partial charge is 0.394 e. The summed E-state index contributed by atoms with van der Waals surface area (Å²) in [5.41, 5.74) is 2.31. The molecular formula is C16H21N3O2. The van der Waals surface area contributed by atoms with E-state index in [-0.39, 0.29) is 12.7 Å². The second-order valence-electron chi connectivity index (χ2n) is 5.54. The predicted octanol–water partition coefficient (Wildman–Crippen LogP) is 1.45. The predicted molar refractivity (Wildman–Crippen MR) is 80.3 cm³/mol. The zero-order chi connectivity index (χ0) is 14.7. The summed E-state index contributed by atoms with van der Waals surface area (Å²) in [5.74, 6) is 0. The Balaban J connectivity index is 1.73. The van der Waals surface area contributed by atoms with Crippen molar-refractivity contribution in [2.24, 2.45) is 0 Å². The minimum atomic E-state index is -0.0736. The lowest BCUT2D eigenvalue weighted by Crippen LogP contribution is -2.48. The van der Waals surface area contributed by atoms with Crippen LogP contribution in [0.5, 0.6) is 0 Å². The first-order valence-corrected chi connectivity index (χ1v) is 7.31. The minimum absolute atomic E-state index is 0.0736. The molecule has 0 radical (unpaired) electrons. The summed E-state index contributed by atoms with van der Waals surface area (Å²) in [4.78, 5) is 2.35. The van der Waals surface area contributed by atoms with Crippen molar-refractivity contribution in [1.82, 2.24) is 14.7 Å². The smallest absolute Gasteiger partial charge is 0.0933 e. The van der Waals surface area contributed by atoms with Crippen LogP contribution in [0.4, 0.5) is 0 Å². The normalized spacial score (nSPS) is 23.3. The van der Waals surface area contributed by atoms with E-state index in [1.165, 1.54) is 5.56 Å². The Morgan fingerprint density at radius 2 is 2.29 bits per heavy atom. The van der Waals surface area contributed by atoms with E-state index in [4.69, 9.17) is 4.74 Å². The van der Waals surface area contributed by atoms with Crippen molar-refractivity contribution in [3.05, 3.63) is 48.3 Å². The monoisotopic (exact) mass is 287 g/mol. The van der Waals surface area contributed by atoms with Crippen LogP contribution in [0.1, 0.15) is 12.5 Å². The van der Waals surface area contributed by atoms with Gasteiger partial charge in [0.25, 0.3) is 0 Å². The fraction of sp³-hybridized carbons (Fsp3) is 0.438. The third-order valence-electron chi connectivity index (χ3n) is 3.90. The molecule has 1 aromatic carbocycles. The van der Waals surface area contributed by atoms with Crippen LogP contribution in [0.2, 0.25) is 0 Å². The van der Waals surface area contributed by atoms with Gasteiger partial charge >= 0.3 is 0 Å². The molecule has 1 aromatic heterocycles. The second kappa shape index (κ2) is 6.39. The molecule has 2 atom stereocenters. The summed E-state index contributed by atoms with van der Waals surface area (Å²) in [6.07, 6.45) is 3.65. The number of nitrogens with zero attached hydrogens (tertiary/aromatic N) is 3. The number of ether oxygens (including phenoxy) is 1. The Labute approximate surface area is 124 Å². The summed E-state index contributed by atoms with van der Waals surface area (Å²) < 4.78 is 7.45. The highest BCUT2D eigenvalue weighted by molar-refractivity contribution is 5.35. The first-order valence-electron chi connectivity index (χ1n) is 7.31. The zero-order valence-corrected chi connectivity index (χ0v) is 12.2. The molecule has 1 N–H and O–H groups in total. The molecule has 0 aliphatic carbocycles. The fourth-order valence-electron chi connectivity index (χ4n) is 2.66. The zero-order valence-electron chi connectivity index (χ0n) is 12.2. The Morgan fingerprint density at radius 3 is 3.05 bits per heavy atom. The maximum absolute atomic E-state index is 9.27. The number of hydrogen-bond acceptors (Lipinski definition) is 4. The van der Waals surface area contributed by atoms with Crippen LogP contribution in [0, 0.1) is 0 Å². The molecular weight excluding hydrogens is 266 g/mol. The Hall–Kier alpha value is -1.69. The van der Waals surface area contributed by atoms with E-state index >= 15 is 0 Å². The van der Waals surface area contributed by atoms with Gasteiger partial charge in [0.2, 0.25) is 0 Å². The summed E-state index contributed by atoms with van der Waals surface area (Å²) >= 11 is 0. The number of aliphatic hydroxyl groups excluding tert-OH is 1. The molecule has 1 fully saturated rings. The first kappa shape index (κ1) is 14.3. The van der Waals surface area contributed by atoms with Gasteiger partial charge in [-0.15, -0.1) is 0 Å². The van der Waals surface area contributed by atoms with Gasteiger partial charge < -0.3 is 9.84 Å². The number of rotatable bonds is 4. The van der Waals surface area contributed by atoms with E-state index in [0.717, 1.165) is 18.8 Å². The third kappa shape index (κ3) is 3.32. The van der Waals surface area contributed by atoms with Crippen molar-refractivity contribution in [1.29, 1.82) is 0 Å². The number of benzene rings is 1.